The van der Waals surface area contributed by atoms with Gasteiger partial charge in [-0.25, -0.2) is 9.97 Å². The summed E-state index contributed by atoms with van der Waals surface area (Å²) in [6.07, 6.45) is 8.87. The minimum Gasteiger partial charge on any atom is -0.341 e. The van der Waals surface area contributed by atoms with E-state index in [1.807, 2.05) is 6.07 Å². The van der Waals surface area contributed by atoms with Gasteiger partial charge in [0.15, 0.2) is 0 Å². The maximum absolute atomic E-state index is 4.24. The fraction of sp³-hybridized carbons (Fsp3) is 0.600. The Morgan fingerprint density at radius 3 is 2.46 bits per heavy atom. The summed E-state index contributed by atoms with van der Waals surface area (Å²) >= 11 is 0. The number of rotatable bonds is 2. The van der Waals surface area contributed by atoms with Crippen LogP contribution in [0.3, 0.4) is 0 Å². The lowest BCUT2D eigenvalue weighted by Crippen LogP contribution is -2.30. The molecule has 13 heavy (non-hydrogen) atoms. The van der Waals surface area contributed by atoms with E-state index in [1.54, 1.807) is 12.4 Å². The van der Waals surface area contributed by atoms with Gasteiger partial charge in [0, 0.05) is 25.5 Å². The van der Waals surface area contributed by atoms with E-state index >= 15 is 0 Å². The molecule has 0 N–H and O–H groups in total. The van der Waals surface area contributed by atoms with Crippen molar-refractivity contribution in [2.24, 2.45) is 0 Å². The van der Waals surface area contributed by atoms with Crippen LogP contribution in [0.25, 0.3) is 0 Å². The van der Waals surface area contributed by atoms with Crippen LogP contribution in [0.15, 0.2) is 18.5 Å². The maximum atomic E-state index is 4.24. The number of hydrogen-bond donors (Lipinski definition) is 0. The van der Waals surface area contributed by atoms with Gasteiger partial charge in [-0.3, -0.25) is 0 Å². The molecule has 3 nitrogen and oxygen atoms in total. The Morgan fingerprint density at radius 2 is 1.85 bits per heavy atom. The smallest absolute Gasteiger partial charge is 0.225 e. The van der Waals surface area contributed by atoms with Gasteiger partial charge in [-0.15, -0.1) is 0 Å². The molecule has 1 saturated carbocycles. The summed E-state index contributed by atoms with van der Waals surface area (Å²) in [6.45, 7) is 0. The van der Waals surface area contributed by atoms with Crippen molar-refractivity contribution in [2.75, 3.05) is 11.9 Å². The van der Waals surface area contributed by atoms with Gasteiger partial charge in [0.05, 0.1) is 0 Å². The lowest BCUT2D eigenvalue weighted by molar-refractivity contribution is 0.638. The van der Waals surface area contributed by atoms with Gasteiger partial charge in [0.2, 0.25) is 5.95 Å². The predicted octanol–water partition coefficient (Wildman–Crippen LogP) is 1.86. The highest BCUT2D eigenvalue weighted by Crippen LogP contribution is 2.24. The van der Waals surface area contributed by atoms with E-state index in [0.717, 1.165) is 5.95 Å². The Bertz CT molecular complexity index is 254. The molecular formula is C10H15N3. The summed E-state index contributed by atoms with van der Waals surface area (Å²) in [6, 6.07) is 2.51. The molecule has 0 atom stereocenters. The van der Waals surface area contributed by atoms with Crippen LogP contribution in [-0.2, 0) is 0 Å². The third-order valence-electron chi connectivity index (χ3n) is 2.74. The molecule has 0 amide bonds. The molecule has 0 radical (unpaired) electrons. The molecule has 1 aromatic rings. The molecule has 0 bridgehead atoms. The Balaban J connectivity index is 2.08. The molecule has 1 fully saturated rings. The first-order valence-electron chi connectivity index (χ1n) is 4.88. The summed E-state index contributed by atoms with van der Waals surface area (Å²) in [5, 5.41) is 0. The van der Waals surface area contributed by atoms with E-state index < -0.39 is 0 Å². The van der Waals surface area contributed by atoms with Crippen LogP contribution in [0.2, 0.25) is 0 Å². The summed E-state index contributed by atoms with van der Waals surface area (Å²) in [7, 11) is 2.09. The average molecular weight is 177 g/mol. The van der Waals surface area contributed by atoms with Crippen LogP contribution in [0, 0.1) is 0 Å². The zero-order valence-electron chi connectivity index (χ0n) is 7.98. The van der Waals surface area contributed by atoms with Gasteiger partial charge in [-0.05, 0) is 18.9 Å². The van der Waals surface area contributed by atoms with Crippen molar-refractivity contribution in [2.45, 2.75) is 31.7 Å². The molecular weight excluding hydrogens is 162 g/mol. The number of anilines is 1. The van der Waals surface area contributed by atoms with Crippen LogP contribution >= 0.6 is 0 Å². The molecule has 0 spiro atoms. The fourth-order valence-electron chi connectivity index (χ4n) is 1.93. The zero-order chi connectivity index (χ0) is 9.10. The summed E-state index contributed by atoms with van der Waals surface area (Å²) in [5.41, 5.74) is 0. The Morgan fingerprint density at radius 1 is 1.23 bits per heavy atom. The SMILES string of the molecule is CN(c1ncccn1)C1CCCC1. The Kier molecular flexibility index (Phi) is 2.43. The highest BCUT2D eigenvalue weighted by Gasteiger charge is 2.20. The molecule has 0 aliphatic heterocycles. The average Bonchev–Trinajstić information content (AvgIpc) is 2.71. The van der Waals surface area contributed by atoms with Crippen molar-refractivity contribution in [3.8, 4) is 0 Å². The molecule has 70 valence electrons. The van der Waals surface area contributed by atoms with E-state index in [-0.39, 0.29) is 0 Å². The van der Waals surface area contributed by atoms with Gasteiger partial charge in [0.1, 0.15) is 0 Å². The topological polar surface area (TPSA) is 29.0 Å². The van der Waals surface area contributed by atoms with E-state index in [4.69, 9.17) is 0 Å². The van der Waals surface area contributed by atoms with Crippen molar-refractivity contribution in [3.05, 3.63) is 18.5 Å². The molecule has 1 aromatic heterocycles. The molecule has 1 aliphatic carbocycles. The monoisotopic (exact) mass is 177 g/mol. The quantitative estimate of drug-likeness (QED) is 0.690. The third kappa shape index (κ3) is 1.79. The minimum atomic E-state index is 0.655. The molecule has 3 heteroatoms. The van der Waals surface area contributed by atoms with Gasteiger partial charge < -0.3 is 4.90 Å². The highest BCUT2D eigenvalue weighted by atomic mass is 15.2. The zero-order valence-corrected chi connectivity index (χ0v) is 7.98. The van der Waals surface area contributed by atoms with Crippen molar-refractivity contribution >= 4 is 5.95 Å². The first kappa shape index (κ1) is 8.48. The molecule has 0 unspecified atom stereocenters. The number of hydrogen-bond acceptors (Lipinski definition) is 3. The second kappa shape index (κ2) is 3.73. The van der Waals surface area contributed by atoms with E-state index in [2.05, 4.69) is 21.9 Å². The number of aromatic nitrogens is 2. The summed E-state index contributed by atoms with van der Waals surface area (Å²) in [5.74, 6) is 0.856. The van der Waals surface area contributed by atoms with Crippen molar-refractivity contribution < 1.29 is 0 Å². The summed E-state index contributed by atoms with van der Waals surface area (Å²) in [4.78, 5) is 10.7. The largest absolute Gasteiger partial charge is 0.341 e. The minimum absolute atomic E-state index is 0.655. The second-order valence-electron chi connectivity index (χ2n) is 3.60. The molecule has 0 saturated heterocycles. The van der Waals surface area contributed by atoms with Crippen LogP contribution in [-0.4, -0.2) is 23.1 Å². The van der Waals surface area contributed by atoms with Gasteiger partial charge in [-0.1, -0.05) is 12.8 Å². The van der Waals surface area contributed by atoms with Gasteiger partial charge >= 0.3 is 0 Å². The van der Waals surface area contributed by atoms with Gasteiger partial charge in [0.25, 0.3) is 0 Å². The normalized spacial score (nSPS) is 17.6. The molecule has 2 rings (SSSR count). The van der Waals surface area contributed by atoms with Crippen molar-refractivity contribution in [1.29, 1.82) is 0 Å². The molecule has 1 heterocycles. The van der Waals surface area contributed by atoms with Crippen molar-refractivity contribution in [3.63, 3.8) is 0 Å². The molecule has 1 aliphatic rings. The van der Waals surface area contributed by atoms with Crippen LogP contribution in [0.1, 0.15) is 25.7 Å². The Hall–Kier alpha value is -1.12. The van der Waals surface area contributed by atoms with Crippen LogP contribution in [0.4, 0.5) is 5.95 Å². The highest BCUT2D eigenvalue weighted by molar-refractivity contribution is 5.28. The van der Waals surface area contributed by atoms with Gasteiger partial charge in [-0.2, -0.15) is 0 Å². The molecule has 0 aromatic carbocycles. The predicted molar refractivity (Wildman–Crippen MR) is 52.7 cm³/mol. The summed E-state index contributed by atoms with van der Waals surface area (Å²) < 4.78 is 0. The number of nitrogens with zero attached hydrogens (tertiary/aromatic N) is 3. The second-order valence-corrected chi connectivity index (χ2v) is 3.60. The van der Waals surface area contributed by atoms with E-state index in [0.29, 0.717) is 6.04 Å². The lowest BCUT2D eigenvalue weighted by atomic mass is 10.2. The lowest BCUT2D eigenvalue weighted by Gasteiger charge is -2.23. The van der Waals surface area contributed by atoms with Crippen molar-refractivity contribution in [1.82, 2.24) is 9.97 Å². The van der Waals surface area contributed by atoms with E-state index in [1.165, 1.54) is 25.7 Å². The van der Waals surface area contributed by atoms with Crippen LogP contribution < -0.4 is 4.90 Å². The van der Waals surface area contributed by atoms with E-state index in [9.17, 15) is 0 Å². The van der Waals surface area contributed by atoms with Crippen LogP contribution in [0.5, 0.6) is 0 Å². The standard InChI is InChI=1S/C10H15N3/c1-13(9-5-2-3-6-9)10-11-7-4-8-12-10/h4,7-9H,2-3,5-6H2,1H3. The maximum Gasteiger partial charge on any atom is 0.225 e. The first-order chi connectivity index (χ1) is 6.38. The Labute approximate surface area is 78.8 Å². The third-order valence-corrected chi connectivity index (χ3v) is 2.74. The fourth-order valence-corrected chi connectivity index (χ4v) is 1.93. The first-order valence-corrected chi connectivity index (χ1v) is 4.88.